The van der Waals surface area contributed by atoms with E-state index >= 15 is 0 Å². The van der Waals surface area contributed by atoms with E-state index in [4.69, 9.17) is 4.74 Å². The van der Waals surface area contributed by atoms with E-state index in [1.54, 1.807) is 40.1 Å². The Labute approximate surface area is 250 Å². The number of phenolic OH excluding ortho intramolecular Hbond substituents is 2. The van der Waals surface area contributed by atoms with Gasteiger partial charge in [0.1, 0.15) is 23.2 Å². The molecular formula is C31H35ClFN3O6. The predicted octanol–water partition coefficient (Wildman–Crippen LogP) is 4.28. The average Bonchev–Trinajstić information content (AvgIpc) is 3.15. The number of ketones is 1. The molecule has 1 amide bonds. The number of rotatable bonds is 7. The first-order valence-corrected chi connectivity index (χ1v) is 13.3. The van der Waals surface area contributed by atoms with Crippen molar-refractivity contribution in [3.63, 3.8) is 0 Å². The highest BCUT2D eigenvalue weighted by Gasteiger charge is 2.30. The largest absolute Gasteiger partial charge is 0.507 e. The molecule has 9 nitrogen and oxygen atoms in total. The van der Waals surface area contributed by atoms with E-state index in [2.05, 4.69) is 10.6 Å². The molecule has 1 heterocycles. The molecule has 1 fully saturated rings. The average molecular weight is 600 g/mol. The summed E-state index contributed by atoms with van der Waals surface area (Å²) in [5.74, 6) is -2.87. The quantitative estimate of drug-likeness (QED) is 0.234. The minimum Gasteiger partial charge on any atom is -0.507 e. The van der Waals surface area contributed by atoms with E-state index in [0.717, 1.165) is 6.42 Å². The molecule has 0 aliphatic carbocycles. The van der Waals surface area contributed by atoms with Gasteiger partial charge in [0.2, 0.25) is 0 Å². The molecule has 4 N–H and O–H groups in total. The van der Waals surface area contributed by atoms with Crippen molar-refractivity contribution in [1.82, 2.24) is 10.6 Å². The lowest BCUT2D eigenvalue weighted by molar-refractivity contribution is 0.0192. The highest BCUT2D eigenvalue weighted by molar-refractivity contribution is 6.11. The molecule has 42 heavy (non-hydrogen) atoms. The Hall–Kier alpha value is -4.15. The van der Waals surface area contributed by atoms with Crippen molar-refractivity contribution in [2.24, 2.45) is 0 Å². The molecule has 224 valence electrons. The highest BCUT2D eigenvalue weighted by atomic mass is 35.5. The molecule has 0 radical (unpaired) electrons. The van der Waals surface area contributed by atoms with Crippen molar-refractivity contribution in [1.29, 1.82) is 0 Å². The summed E-state index contributed by atoms with van der Waals surface area (Å²) < 4.78 is 20.8. The van der Waals surface area contributed by atoms with Crippen LogP contribution in [0.1, 0.15) is 60.6 Å². The minimum atomic E-state index is -0.837. The molecule has 3 aromatic carbocycles. The predicted molar refractivity (Wildman–Crippen MR) is 160 cm³/mol. The maximum atomic E-state index is 15.0. The van der Waals surface area contributed by atoms with Crippen LogP contribution in [0.4, 0.5) is 10.1 Å². The van der Waals surface area contributed by atoms with E-state index in [9.17, 15) is 29.0 Å². The maximum absolute atomic E-state index is 15.0. The lowest BCUT2D eigenvalue weighted by atomic mass is 9.99. The number of carbonyl (C=O) groups is 3. The summed E-state index contributed by atoms with van der Waals surface area (Å²) in [7, 11) is 3.25. The third-order valence-corrected chi connectivity index (χ3v) is 7.17. The van der Waals surface area contributed by atoms with Crippen molar-refractivity contribution >= 4 is 35.8 Å². The molecule has 0 spiro atoms. The number of esters is 1. The fourth-order valence-electron chi connectivity index (χ4n) is 4.87. The number of hydrogen-bond acceptors (Lipinski definition) is 8. The van der Waals surface area contributed by atoms with Gasteiger partial charge in [-0.25, -0.2) is 9.18 Å². The fraction of sp³-hybridized carbons (Fsp3) is 0.323. The number of carbonyl (C=O) groups excluding carboxylic acids is 3. The molecular weight excluding hydrogens is 565 g/mol. The van der Waals surface area contributed by atoms with Crippen LogP contribution in [0, 0.1) is 19.7 Å². The number of anilines is 1. The van der Waals surface area contributed by atoms with Crippen molar-refractivity contribution in [2.75, 3.05) is 32.1 Å². The number of nitrogens with zero attached hydrogens (tertiary/aromatic N) is 1. The van der Waals surface area contributed by atoms with Crippen LogP contribution in [0.25, 0.3) is 0 Å². The van der Waals surface area contributed by atoms with E-state index in [1.807, 2.05) is 0 Å². The van der Waals surface area contributed by atoms with Crippen molar-refractivity contribution in [2.45, 2.75) is 38.8 Å². The third kappa shape index (κ3) is 7.00. The minimum absolute atomic E-state index is 0. The molecule has 2 atom stereocenters. The maximum Gasteiger partial charge on any atom is 0.338 e. The second-order valence-electron chi connectivity index (χ2n) is 10.4. The number of nitrogens with one attached hydrogen (secondary N) is 2. The first-order valence-electron chi connectivity index (χ1n) is 13.3. The Morgan fingerprint density at radius 1 is 0.976 bits per heavy atom. The van der Waals surface area contributed by atoms with Gasteiger partial charge in [0.05, 0.1) is 17.3 Å². The topological polar surface area (TPSA) is 128 Å². The van der Waals surface area contributed by atoms with Gasteiger partial charge in [0, 0.05) is 31.8 Å². The van der Waals surface area contributed by atoms with Crippen LogP contribution in [0.5, 0.6) is 11.5 Å². The highest BCUT2D eigenvalue weighted by Crippen LogP contribution is 2.30. The van der Waals surface area contributed by atoms with Crippen molar-refractivity contribution in [3.05, 3.63) is 87.7 Å². The van der Waals surface area contributed by atoms with Gasteiger partial charge in [-0.3, -0.25) is 9.59 Å². The molecule has 3 aromatic rings. The number of aryl methyl sites for hydroxylation is 2. The summed E-state index contributed by atoms with van der Waals surface area (Å²) >= 11 is 0. The number of aromatic hydroxyl groups is 2. The smallest absolute Gasteiger partial charge is 0.338 e. The van der Waals surface area contributed by atoms with E-state index in [0.29, 0.717) is 36.2 Å². The molecule has 1 aliphatic heterocycles. The van der Waals surface area contributed by atoms with Crippen LogP contribution in [-0.2, 0) is 4.74 Å². The number of benzene rings is 3. The number of phenols is 2. The number of amides is 1. The van der Waals surface area contributed by atoms with E-state index < -0.39 is 41.0 Å². The zero-order valence-corrected chi connectivity index (χ0v) is 24.7. The Morgan fingerprint density at radius 3 is 2.21 bits per heavy atom. The lowest BCUT2D eigenvalue weighted by Crippen LogP contribution is -2.49. The van der Waals surface area contributed by atoms with Crippen molar-refractivity contribution in [3.8, 4) is 11.5 Å². The van der Waals surface area contributed by atoms with Crippen LogP contribution in [0.3, 0.4) is 0 Å². The van der Waals surface area contributed by atoms with Crippen LogP contribution in [0.15, 0.2) is 48.5 Å². The second-order valence-corrected chi connectivity index (χ2v) is 10.4. The lowest BCUT2D eigenvalue weighted by Gasteiger charge is -2.26. The number of hydrogen-bond donors (Lipinski definition) is 4. The first kappa shape index (κ1) is 32.4. The van der Waals surface area contributed by atoms with Crippen LogP contribution in [0.2, 0.25) is 0 Å². The summed E-state index contributed by atoms with van der Waals surface area (Å²) in [6.07, 6.45) is 0.646. The monoisotopic (exact) mass is 599 g/mol. The summed E-state index contributed by atoms with van der Waals surface area (Å²) in [5.41, 5.74) is 1.54. The number of halogens is 2. The molecule has 0 bridgehead atoms. The summed E-state index contributed by atoms with van der Waals surface area (Å²) in [6, 6.07) is 10.9. The van der Waals surface area contributed by atoms with E-state index in [1.165, 1.54) is 41.3 Å². The van der Waals surface area contributed by atoms with Gasteiger partial charge >= 0.3 is 5.97 Å². The van der Waals surface area contributed by atoms with Gasteiger partial charge in [-0.1, -0.05) is 12.1 Å². The molecule has 0 unspecified atom stereocenters. The fourth-order valence-corrected chi connectivity index (χ4v) is 4.87. The Morgan fingerprint density at radius 2 is 1.60 bits per heavy atom. The SMILES string of the molecule is Cc1cc(C(=O)N[C@@H]2CNCCC[C@H]2OC(=O)c2ccc(C(=O)c3c(O)ccc(N(C)C)c3F)cc2)cc(C)c1O.Cl. The Balaban J connectivity index is 0.00000484. The van der Waals surface area contributed by atoms with Crippen LogP contribution in [-0.4, -0.2) is 67.2 Å². The van der Waals surface area contributed by atoms with Gasteiger partial charge in [0.15, 0.2) is 11.6 Å². The summed E-state index contributed by atoms with van der Waals surface area (Å²) in [5, 5.41) is 26.4. The molecule has 1 aliphatic rings. The number of ether oxygens (including phenoxy) is 1. The van der Waals surface area contributed by atoms with Gasteiger partial charge in [-0.05, 0) is 80.8 Å². The first-order chi connectivity index (χ1) is 19.5. The Bertz CT molecular complexity index is 1460. The molecule has 0 saturated carbocycles. The molecule has 1 saturated heterocycles. The van der Waals surface area contributed by atoms with E-state index in [-0.39, 0.29) is 40.9 Å². The van der Waals surface area contributed by atoms with Crippen LogP contribution < -0.4 is 15.5 Å². The van der Waals surface area contributed by atoms with Gasteiger partial charge in [0.25, 0.3) is 5.91 Å². The van der Waals surface area contributed by atoms with Gasteiger partial charge in [-0.2, -0.15) is 0 Å². The molecule has 4 rings (SSSR count). The van der Waals surface area contributed by atoms with Crippen LogP contribution >= 0.6 is 12.4 Å². The molecule has 0 aromatic heterocycles. The Kier molecular flexibility index (Phi) is 10.5. The summed E-state index contributed by atoms with van der Waals surface area (Å²) in [6.45, 7) is 4.53. The normalized spacial score (nSPS) is 16.5. The second kappa shape index (κ2) is 13.7. The third-order valence-electron chi connectivity index (χ3n) is 7.17. The summed E-state index contributed by atoms with van der Waals surface area (Å²) in [4.78, 5) is 40.6. The zero-order chi connectivity index (χ0) is 29.8. The van der Waals surface area contributed by atoms with Gasteiger partial charge in [-0.15, -0.1) is 12.4 Å². The van der Waals surface area contributed by atoms with Gasteiger partial charge < -0.3 is 30.5 Å². The van der Waals surface area contributed by atoms with Crippen molar-refractivity contribution < 1.29 is 33.7 Å². The molecule has 11 heteroatoms. The standard InChI is InChI=1S/C31H34FN3O6.ClH/c1-17-14-21(15-18(2)28(17)37)30(39)34-22-16-33-13-5-6-25(22)41-31(40)20-9-7-19(8-10-20)29(38)26-24(36)12-11-23(27(26)32)35(3)4;/h7-12,14-15,22,25,33,36-37H,5-6,13,16H2,1-4H3,(H,34,39);1H/t22-,25-;/m1./s1. The zero-order valence-electron chi connectivity index (χ0n) is 23.9.